The lowest BCUT2D eigenvalue weighted by atomic mass is 10.1. The van der Waals surface area contributed by atoms with Crippen molar-refractivity contribution in [2.24, 2.45) is 0 Å². The van der Waals surface area contributed by atoms with Crippen molar-refractivity contribution in [2.75, 3.05) is 18.9 Å². The van der Waals surface area contributed by atoms with Crippen LogP contribution in [0.1, 0.15) is 0 Å². The number of aromatic amines is 1. The second-order valence-electron chi connectivity index (χ2n) is 4.03. The average Bonchev–Trinajstić information content (AvgIpc) is 2.41. The van der Waals surface area contributed by atoms with Crippen LogP contribution in [-0.2, 0) is 0 Å². The van der Waals surface area contributed by atoms with E-state index in [-0.39, 0.29) is 5.56 Å². The van der Waals surface area contributed by atoms with E-state index in [2.05, 4.69) is 4.98 Å². The molecule has 1 aromatic heterocycles. The van der Waals surface area contributed by atoms with Gasteiger partial charge in [0.2, 0.25) is 0 Å². The lowest BCUT2D eigenvalue weighted by Gasteiger charge is -2.18. The molecule has 0 bridgehead atoms. The van der Waals surface area contributed by atoms with Gasteiger partial charge >= 0.3 is 0 Å². The Morgan fingerprint density at radius 2 is 1.89 bits per heavy atom. The SMILES string of the molecule is Nc1c[nH]c(=O)c(-c2ccc3c(c2)OCCO3)c1. The van der Waals surface area contributed by atoms with Crippen molar-refractivity contribution < 1.29 is 9.47 Å². The lowest BCUT2D eigenvalue weighted by Crippen LogP contribution is -2.15. The van der Waals surface area contributed by atoms with E-state index in [9.17, 15) is 4.79 Å². The molecule has 0 saturated heterocycles. The predicted octanol–water partition coefficient (Wildman–Crippen LogP) is 1.40. The summed E-state index contributed by atoms with van der Waals surface area (Å²) >= 11 is 0. The van der Waals surface area contributed by atoms with Gasteiger partial charge in [-0.3, -0.25) is 4.79 Å². The van der Waals surface area contributed by atoms with E-state index in [1.807, 2.05) is 6.07 Å². The van der Waals surface area contributed by atoms with Gasteiger partial charge in [0, 0.05) is 17.4 Å². The highest BCUT2D eigenvalue weighted by molar-refractivity contribution is 5.69. The molecule has 0 radical (unpaired) electrons. The molecule has 0 unspecified atom stereocenters. The van der Waals surface area contributed by atoms with E-state index in [4.69, 9.17) is 15.2 Å². The molecule has 0 amide bonds. The van der Waals surface area contributed by atoms with Gasteiger partial charge in [-0.15, -0.1) is 0 Å². The van der Waals surface area contributed by atoms with E-state index in [1.54, 1.807) is 18.2 Å². The summed E-state index contributed by atoms with van der Waals surface area (Å²) in [5.74, 6) is 1.35. The van der Waals surface area contributed by atoms with Crippen LogP contribution in [0.25, 0.3) is 11.1 Å². The fourth-order valence-electron chi connectivity index (χ4n) is 1.93. The highest BCUT2D eigenvalue weighted by Crippen LogP contribution is 2.33. The number of anilines is 1. The number of nitrogens with two attached hydrogens (primary N) is 1. The molecule has 92 valence electrons. The number of nitrogen functional groups attached to an aromatic ring is 1. The van der Waals surface area contributed by atoms with E-state index >= 15 is 0 Å². The molecule has 2 aromatic rings. The summed E-state index contributed by atoms with van der Waals surface area (Å²) in [6.45, 7) is 1.06. The van der Waals surface area contributed by atoms with Crippen LogP contribution in [0, 0.1) is 0 Å². The number of fused-ring (bicyclic) bond motifs is 1. The molecule has 18 heavy (non-hydrogen) atoms. The molecule has 2 heterocycles. The Hall–Kier alpha value is -2.43. The van der Waals surface area contributed by atoms with Gasteiger partial charge in [-0.05, 0) is 23.8 Å². The number of nitrogens with one attached hydrogen (secondary N) is 1. The topological polar surface area (TPSA) is 77.3 Å². The molecule has 5 nitrogen and oxygen atoms in total. The Labute approximate surface area is 103 Å². The molecule has 0 fully saturated rings. The summed E-state index contributed by atoms with van der Waals surface area (Å²) in [6.07, 6.45) is 1.48. The molecule has 0 spiro atoms. The van der Waals surface area contributed by atoms with Crippen LogP contribution in [0.3, 0.4) is 0 Å². The van der Waals surface area contributed by atoms with E-state index in [0.717, 1.165) is 5.56 Å². The van der Waals surface area contributed by atoms with Crippen molar-refractivity contribution in [1.82, 2.24) is 4.98 Å². The number of hydrogen-bond acceptors (Lipinski definition) is 4. The third kappa shape index (κ3) is 1.79. The maximum atomic E-state index is 11.8. The molecule has 0 saturated carbocycles. The van der Waals surface area contributed by atoms with E-state index < -0.39 is 0 Å². The molecule has 0 aliphatic carbocycles. The van der Waals surface area contributed by atoms with Gasteiger partial charge in [0.15, 0.2) is 11.5 Å². The zero-order valence-electron chi connectivity index (χ0n) is 9.60. The molecule has 5 heteroatoms. The molecular weight excluding hydrogens is 232 g/mol. The molecule has 3 N–H and O–H groups in total. The number of pyridine rings is 1. The maximum absolute atomic E-state index is 11.8. The smallest absolute Gasteiger partial charge is 0.255 e. The van der Waals surface area contributed by atoms with Gasteiger partial charge in [0.25, 0.3) is 5.56 Å². The highest BCUT2D eigenvalue weighted by atomic mass is 16.6. The number of aromatic nitrogens is 1. The normalized spacial score (nSPS) is 13.3. The molecular formula is C13H12N2O3. The Balaban J connectivity index is 2.12. The minimum Gasteiger partial charge on any atom is -0.486 e. The third-order valence-electron chi connectivity index (χ3n) is 2.78. The molecule has 1 aliphatic heterocycles. The maximum Gasteiger partial charge on any atom is 0.255 e. The van der Waals surface area contributed by atoms with Gasteiger partial charge in [-0.25, -0.2) is 0 Å². The largest absolute Gasteiger partial charge is 0.486 e. The zero-order chi connectivity index (χ0) is 12.5. The third-order valence-corrected chi connectivity index (χ3v) is 2.78. The summed E-state index contributed by atoms with van der Waals surface area (Å²) in [7, 11) is 0. The van der Waals surface area contributed by atoms with Gasteiger partial charge in [-0.2, -0.15) is 0 Å². The molecule has 1 aliphatic rings. The monoisotopic (exact) mass is 244 g/mol. The number of hydrogen-bond donors (Lipinski definition) is 2. The first kappa shape index (κ1) is 10.7. The fourth-order valence-corrected chi connectivity index (χ4v) is 1.93. The second kappa shape index (κ2) is 4.10. The zero-order valence-corrected chi connectivity index (χ0v) is 9.60. The van der Waals surface area contributed by atoms with Crippen molar-refractivity contribution in [3.63, 3.8) is 0 Å². The average molecular weight is 244 g/mol. The summed E-state index contributed by atoms with van der Waals surface area (Å²) in [6, 6.07) is 7.05. The first-order chi connectivity index (χ1) is 8.74. The second-order valence-corrected chi connectivity index (χ2v) is 4.03. The van der Waals surface area contributed by atoms with Crippen LogP contribution in [0.5, 0.6) is 11.5 Å². The number of benzene rings is 1. The lowest BCUT2D eigenvalue weighted by molar-refractivity contribution is 0.171. The first-order valence-corrected chi connectivity index (χ1v) is 5.62. The molecule has 0 atom stereocenters. The Morgan fingerprint density at radius 1 is 1.11 bits per heavy atom. The Bertz CT molecular complexity index is 649. The first-order valence-electron chi connectivity index (χ1n) is 5.62. The number of ether oxygens (including phenoxy) is 2. The Morgan fingerprint density at radius 3 is 2.72 bits per heavy atom. The van der Waals surface area contributed by atoms with Crippen molar-refractivity contribution in [3.8, 4) is 22.6 Å². The molecule has 3 rings (SSSR count). The van der Waals surface area contributed by atoms with E-state index in [0.29, 0.717) is 36.0 Å². The van der Waals surface area contributed by atoms with Crippen LogP contribution < -0.4 is 20.8 Å². The summed E-state index contributed by atoms with van der Waals surface area (Å²) in [5.41, 5.74) is 7.29. The quantitative estimate of drug-likeness (QED) is 0.794. The summed E-state index contributed by atoms with van der Waals surface area (Å²) in [5, 5.41) is 0. The van der Waals surface area contributed by atoms with Crippen LogP contribution in [0.2, 0.25) is 0 Å². The van der Waals surface area contributed by atoms with Crippen LogP contribution in [0.4, 0.5) is 5.69 Å². The highest BCUT2D eigenvalue weighted by Gasteiger charge is 2.13. The Kier molecular flexibility index (Phi) is 2.44. The standard InChI is InChI=1S/C13H12N2O3/c14-9-6-10(13(16)15-7-9)8-1-2-11-12(5-8)18-4-3-17-11/h1-2,5-7H,3-4,14H2,(H,15,16). The predicted molar refractivity (Wildman–Crippen MR) is 67.9 cm³/mol. The summed E-state index contributed by atoms with van der Waals surface area (Å²) in [4.78, 5) is 14.4. The van der Waals surface area contributed by atoms with Crippen LogP contribution >= 0.6 is 0 Å². The summed E-state index contributed by atoms with van der Waals surface area (Å²) < 4.78 is 10.9. The van der Waals surface area contributed by atoms with Gasteiger partial charge < -0.3 is 20.2 Å². The molecule has 1 aromatic carbocycles. The minimum absolute atomic E-state index is 0.180. The van der Waals surface area contributed by atoms with Gasteiger partial charge in [-0.1, -0.05) is 6.07 Å². The van der Waals surface area contributed by atoms with Crippen LogP contribution in [-0.4, -0.2) is 18.2 Å². The number of H-pyrrole nitrogens is 1. The number of rotatable bonds is 1. The van der Waals surface area contributed by atoms with E-state index in [1.165, 1.54) is 6.20 Å². The van der Waals surface area contributed by atoms with Crippen molar-refractivity contribution in [2.45, 2.75) is 0 Å². The van der Waals surface area contributed by atoms with Crippen molar-refractivity contribution >= 4 is 5.69 Å². The van der Waals surface area contributed by atoms with Crippen molar-refractivity contribution in [3.05, 3.63) is 40.8 Å². The minimum atomic E-state index is -0.180. The van der Waals surface area contributed by atoms with Gasteiger partial charge in [0.05, 0.1) is 0 Å². The van der Waals surface area contributed by atoms with Crippen molar-refractivity contribution in [1.29, 1.82) is 0 Å². The van der Waals surface area contributed by atoms with Gasteiger partial charge in [0.1, 0.15) is 13.2 Å². The fraction of sp³-hybridized carbons (Fsp3) is 0.154. The van der Waals surface area contributed by atoms with Crippen LogP contribution in [0.15, 0.2) is 35.3 Å².